The van der Waals surface area contributed by atoms with Crippen molar-refractivity contribution in [3.05, 3.63) is 90.2 Å². The lowest BCUT2D eigenvalue weighted by molar-refractivity contribution is -0.139. The Morgan fingerprint density at radius 3 is 2.30 bits per heavy atom. The summed E-state index contributed by atoms with van der Waals surface area (Å²) in [6, 6.07) is 18.8. The third-order valence-corrected chi connectivity index (χ3v) is 7.52. The number of rotatable bonds is 11. The molecule has 37 heavy (non-hydrogen) atoms. The number of carbonyl (C=O) groups is 2. The Kier molecular flexibility index (Phi) is 9.24. The summed E-state index contributed by atoms with van der Waals surface area (Å²) in [5.74, 6) is -1.02. The van der Waals surface area contributed by atoms with E-state index in [1.807, 2.05) is 0 Å². The first kappa shape index (κ1) is 27.7. The van der Waals surface area contributed by atoms with Gasteiger partial charge < -0.3 is 15.0 Å². The Balaban J connectivity index is 2.03. The van der Waals surface area contributed by atoms with E-state index in [-0.39, 0.29) is 17.1 Å². The van der Waals surface area contributed by atoms with Crippen molar-refractivity contribution >= 4 is 27.5 Å². The van der Waals surface area contributed by atoms with Crippen molar-refractivity contribution in [2.24, 2.45) is 0 Å². The zero-order chi connectivity index (χ0) is 27.0. The van der Waals surface area contributed by atoms with Crippen LogP contribution in [0.15, 0.2) is 83.8 Å². The van der Waals surface area contributed by atoms with E-state index in [0.717, 1.165) is 4.31 Å². The normalized spacial score (nSPS) is 11.9. The summed E-state index contributed by atoms with van der Waals surface area (Å²) >= 11 is 0. The molecule has 0 heterocycles. The van der Waals surface area contributed by atoms with Gasteiger partial charge in [-0.1, -0.05) is 36.4 Å². The van der Waals surface area contributed by atoms with Crippen LogP contribution in [0.1, 0.15) is 19.4 Å². The highest BCUT2D eigenvalue weighted by molar-refractivity contribution is 7.92. The molecule has 0 radical (unpaired) electrons. The number of amides is 2. The lowest BCUT2D eigenvalue weighted by atomic mass is 10.1. The van der Waals surface area contributed by atoms with E-state index in [0.29, 0.717) is 17.9 Å². The number of carbonyl (C=O) groups excluding carboxylic acids is 2. The van der Waals surface area contributed by atoms with Crippen molar-refractivity contribution in [1.82, 2.24) is 10.2 Å². The molecule has 2 amide bonds. The molecule has 0 fully saturated rings. The highest BCUT2D eigenvalue weighted by atomic mass is 32.2. The van der Waals surface area contributed by atoms with Crippen LogP contribution >= 0.6 is 0 Å². The number of hydrogen-bond donors (Lipinski definition) is 1. The van der Waals surface area contributed by atoms with E-state index in [4.69, 9.17) is 4.74 Å². The van der Waals surface area contributed by atoms with Gasteiger partial charge in [0.05, 0.1) is 17.7 Å². The quantitative estimate of drug-likeness (QED) is 0.411. The lowest BCUT2D eigenvalue weighted by Gasteiger charge is -2.32. The zero-order valence-corrected chi connectivity index (χ0v) is 21.7. The van der Waals surface area contributed by atoms with Gasteiger partial charge in [-0.15, -0.1) is 0 Å². The summed E-state index contributed by atoms with van der Waals surface area (Å²) in [6.45, 7) is 3.09. The van der Waals surface area contributed by atoms with Crippen molar-refractivity contribution in [2.75, 3.05) is 24.5 Å². The van der Waals surface area contributed by atoms with Gasteiger partial charge in [0.15, 0.2) is 0 Å². The summed E-state index contributed by atoms with van der Waals surface area (Å²) in [6.07, 6.45) is 0. The van der Waals surface area contributed by atoms with Crippen LogP contribution in [-0.4, -0.2) is 51.4 Å². The fraction of sp³-hybridized carbons (Fsp3) is 0.259. The summed E-state index contributed by atoms with van der Waals surface area (Å²) in [5, 5.41) is 2.69. The van der Waals surface area contributed by atoms with Gasteiger partial charge in [0.1, 0.15) is 24.2 Å². The Morgan fingerprint density at radius 2 is 1.68 bits per heavy atom. The van der Waals surface area contributed by atoms with Crippen LogP contribution < -0.4 is 14.4 Å². The summed E-state index contributed by atoms with van der Waals surface area (Å²) in [5.41, 5.74) is 0.814. The number of benzene rings is 3. The number of hydrogen-bond acceptors (Lipinski definition) is 5. The molecule has 10 heteroatoms. The first-order chi connectivity index (χ1) is 17.7. The minimum Gasteiger partial charge on any atom is -0.497 e. The number of sulfonamides is 1. The van der Waals surface area contributed by atoms with E-state index in [9.17, 15) is 22.4 Å². The summed E-state index contributed by atoms with van der Waals surface area (Å²) in [7, 11) is -2.71. The molecule has 3 aromatic carbocycles. The third-order valence-electron chi connectivity index (χ3n) is 5.74. The molecule has 8 nitrogen and oxygen atoms in total. The number of methoxy groups -OCH3 is 1. The molecule has 0 saturated carbocycles. The van der Waals surface area contributed by atoms with Crippen LogP contribution in [0.3, 0.4) is 0 Å². The molecule has 0 spiro atoms. The predicted octanol–water partition coefficient (Wildman–Crippen LogP) is 3.58. The van der Waals surface area contributed by atoms with Gasteiger partial charge in [0.25, 0.3) is 10.0 Å². The van der Waals surface area contributed by atoms with Crippen LogP contribution in [0.4, 0.5) is 10.1 Å². The summed E-state index contributed by atoms with van der Waals surface area (Å²) in [4.78, 5) is 27.7. The molecule has 3 rings (SSSR count). The molecule has 0 saturated heterocycles. The number of halogens is 1. The van der Waals surface area contributed by atoms with Crippen molar-refractivity contribution in [2.45, 2.75) is 31.3 Å². The maximum Gasteiger partial charge on any atom is 0.264 e. The minimum absolute atomic E-state index is 0.00692. The van der Waals surface area contributed by atoms with Crippen LogP contribution in [0.2, 0.25) is 0 Å². The van der Waals surface area contributed by atoms with Crippen molar-refractivity contribution < 1.29 is 27.1 Å². The molecule has 0 aliphatic heterocycles. The topological polar surface area (TPSA) is 96.0 Å². The number of anilines is 1. The monoisotopic (exact) mass is 527 g/mol. The maximum atomic E-state index is 13.7. The highest BCUT2D eigenvalue weighted by Gasteiger charge is 2.32. The first-order valence-electron chi connectivity index (χ1n) is 11.7. The Bertz CT molecular complexity index is 1320. The van der Waals surface area contributed by atoms with Gasteiger partial charge in [-0.25, -0.2) is 12.8 Å². The minimum atomic E-state index is -4.16. The van der Waals surface area contributed by atoms with E-state index in [1.54, 1.807) is 50.2 Å². The first-order valence-corrected chi connectivity index (χ1v) is 13.1. The average Bonchev–Trinajstić information content (AvgIpc) is 2.91. The predicted molar refractivity (Wildman–Crippen MR) is 139 cm³/mol. The van der Waals surface area contributed by atoms with E-state index in [2.05, 4.69) is 5.32 Å². The van der Waals surface area contributed by atoms with Crippen molar-refractivity contribution in [3.63, 3.8) is 0 Å². The van der Waals surface area contributed by atoms with Gasteiger partial charge in [-0.2, -0.15) is 0 Å². The van der Waals surface area contributed by atoms with Gasteiger partial charge in [-0.3, -0.25) is 13.9 Å². The molecule has 0 bridgehead atoms. The molecular weight excluding hydrogens is 497 g/mol. The second-order valence-electron chi connectivity index (χ2n) is 8.24. The number of likely N-dealkylation sites (N-methyl/N-ethyl adjacent to an activating group) is 1. The van der Waals surface area contributed by atoms with Gasteiger partial charge in [-0.05, 0) is 55.8 Å². The molecule has 1 N–H and O–H groups in total. The fourth-order valence-corrected chi connectivity index (χ4v) is 5.13. The standard InChI is InChI=1S/C27H30FN3O5S/c1-4-29-27(33)20(2)30(18-21-13-15-22(28)16-14-21)26(32)19-31(23-9-8-10-24(17-23)36-3)37(34,35)25-11-6-5-7-12-25/h5-17,20H,4,18-19H2,1-3H3,(H,29,33)/t20-/m0/s1. The zero-order valence-electron chi connectivity index (χ0n) is 20.9. The lowest BCUT2D eigenvalue weighted by Crippen LogP contribution is -2.51. The Morgan fingerprint density at radius 1 is 1.00 bits per heavy atom. The molecule has 196 valence electrons. The molecule has 1 atom stereocenters. The van der Waals surface area contributed by atoms with Crippen molar-refractivity contribution in [3.8, 4) is 5.75 Å². The third kappa shape index (κ3) is 6.85. The van der Waals surface area contributed by atoms with E-state index in [1.165, 1.54) is 54.5 Å². The van der Waals surface area contributed by atoms with Gasteiger partial charge in [0.2, 0.25) is 11.8 Å². The SMILES string of the molecule is CCNC(=O)[C@H](C)N(Cc1ccc(F)cc1)C(=O)CN(c1cccc(OC)c1)S(=O)(=O)c1ccccc1. The molecular formula is C27H30FN3O5S. The smallest absolute Gasteiger partial charge is 0.264 e. The van der Waals surface area contributed by atoms with E-state index >= 15 is 0 Å². The van der Waals surface area contributed by atoms with Gasteiger partial charge in [0, 0.05) is 19.2 Å². The molecule has 0 unspecified atom stereocenters. The second kappa shape index (κ2) is 12.4. The highest BCUT2D eigenvalue weighted by Crippen LogP contribution is 2.27. The van der Waals surface area contributed by atoms with Gasteiger partial charge >= 0.3 is 0 Å². The second-order valence-corrected chi connectivity index (χ2v) is 10.1. The molecule has 3 aromatic rings. The fourth-order valence-electron chi connectivity index (χ4n) is 3.71. The van der Waals surface area contributed by atoms with Crippen molar-refractivity contribution in [1.29, 1.82) is 0 Å². The average molecular weight is 528 g/mol. The largest absolute Gasteiger partial charge is 0.497 e. The number of ether oxygens (including phenoxy) is 1. The summed E-state index contributed by atoms with van der Waals surface area (Å²) < 4.78 is 47.1. The van der Waals surface area contributed by atoms with Crippen LogP contribution in [0.5, 0.6) is 5.75 Å². The number of nitrogens with one attached hydrogen (secondary N) is 1. The van der Waals surface area contributed by atoms with Crippen LogP contribution in [-0.2, 0) is 26.2 Å². The molecule has 0 aliphatic rings. The maximum absolute atomic E-state index is 13.7. The molecule has 0 aliphatic carbocycles. The molecule has 0 aromatic heterocycles. The number of nitrogens with zero attached hydrogens (tertiary/aromatic N) is 2. The Labute approximate surface area is 216 Å². The van der Waals surface area contributed by atoms with E-state index < -0.39 is 40.2 Å². The Hall–Kier alpha value is -3.92. The van der Waals surface area contributed by atoms with Crippen LogP contribution in [0, 0.1) is 5.82 Å². The van der Waals surface area contributed by atoms with Crippen LogP contribution in [0.25, 0.3) is 0 Å².